The standard InChI is InChI=1S/C13H16O3/c1-4-15-13(14)11(3)9-16-12-7-5-10(2)6-8-12/h5-8H,3-4,9H2,1-2H3. The van der Waals surface area contributed by atoms with Crippen LogP contribution in [-0.2, 0) is 9.53 Å². The molecule has 0 aliphatic carbocycles. The Morgan fingerprint density at radius 3 is 2.50 bits per heavy atom. The summed E-state index contributed by atoms with van der Waals surface area (Å²) in [4.78, 5) is 11.2. The number of hydrogen-bond donors (Lipinski definition) is 0. The minimum atomic E-state index is -0.408. The van der Waals surface area contributed by atoms with Gasteiger partial charge in [0.15, 0.2) is 0 Å². The molecule has 0 spiro atoms. The quantitative estimate of drug-likeness (QED) is 0.565. The van der Waals surface area contributed by atoms with Crippen molar-refractivity contribution in [3.63, 3.8) is 0 Å². The van der Waals surface area contributed by atoms with Gasteiger partial charge in [0, 0.05) is 0 Å². The fourth-order valence-electron chi connectivity index (χ4n) is 1.10. The summed E-state index contributed by atoms with van der Waals surface area (Å²) in [7, 11) is 0. The van der Waals surface area contributed by atoms with Crippen LogP contribution < -0.4 is 4.74 Å². The summed E-state index contributed by atoms with van der Waals surface area (Å²) >= 11 is 0. The van der Waals surface area contributed by atoms with E-state index < -0.39 is 5.97 Å². The fraction of sp³-hybridized carbons (Fsp3) is 0.308. The summed E-state index contributed by atoms with van der Waals surface area (Å²) in [6.07, 6.45) is 0. The lowest BCUT2D eigenvalue weighted by molar-refractivity contribution is -0.138. The molecule has 0 radical (unpaired) electrons. The summed E-state index contributed by atoms with van der Waals surface area (Å²) in [5.41, 5.74) is 1.49. The van der Waals surface area contributed by atoms with Gasteiger partial charge in [-0.05, 0) is 26.0 Å². The second-order valence-corrected chi connectivity index (χ2v) is 3.43. The van der Waals surface area contributed by atoms with Gasteiger partial charge in [0.05, 0.1) is 12.2 Å². The number of hydrogen-bond acceptors (Lipinski definition) is 3. The number of aryl methyl sites for hydroxylation is 1. The molecule has 16 heavy (non-hydrogen) atoms. The van der Waals surface area contributed by atoms with Crippen LogP contribution in [0.2, 0.25) is 0 Å². The first-order chi connectivity index (χ1) is 7.63. The van der Waals surface area contributed by atoms with Gasteiger partial charge in [-0.2, -0.15) is 0 Å². The van der Waals surface area contributed by atoms with Crippen LogP contribution in [0.15, 0.2) is 36.4 Å². The molecule has 1 aromatic rings. The van der Waals surface area contributed by atoms with Gasteiger partial charge < -0.3 is 9.47 Å². The number of ether oxygens (including phenoxy) is 2. The van der Waals surface area contributed by atoms with Gasteiger partial charge in [0.2, 0.25) is 0 Å². The van der Waals surface area contributed by atoms with Gasteiger partial charge in [-0.3, -0.25) is 0 Å². The smallest absolute Gasteiger partial charge is 0.336 e. The van der Waals surface area contributed by atoms with Gasteiger partial charge in [-0.15, -0.1) is 0 Å². The second-order valence-electron chi connectivity index (χ2n) is 3.43. The van der Waals surface area contributed by atoms with Crippen molar-refractivity contribution in [1.82, 2.24) is 0 Å². The zero-order valence-corrected chi connectivity index (χ0v) is 9.66. The number of carbonyl (C=O) groups is 1. The highest BCUT2D eigenvalue weighted by molar-refractivity contribution is 5.88. The van der Waals surface area contributed by atoms with Gasteiger partial charge >= 0.3 is 5.97 Å². The SMILES string of the molecule is C=C(COc1ccc(C)cc1)C(=O)OCC. The Morgan fingerprint density at radius 1 is 1.31 bits per heavy atom. The molecule has 0 amide bonds. The van der Waals surface area contributed by atoms with Crippen LogP contribution in [0.25, 0.3) is 0 Å². The molecular formula is C13H16O3. The van der Waals surface area contributed by atoms with E-state index in [0.29, 0.717) is 12.2 Å². The third kappa shape index (κ3) is 3.77. The third-order valence-corrected chi connectivity index (χ3v) is 2.00. The Morgan fingerprint density at radius 2 is 1.94 bits per heavy atom. The van der Waals surface area contributed by atoms with Crippen molar-refractivity contribution in [1.29, 1.82) is 0 Å². The molecule has 0 saturated heterocycles. The molecule has 0 fully saturated rings. The Hall–Kier alpha value is -1.77. The first kappa shape index (κ1) is 12.3. The highest BCUT2D eigenvalue weighted by Gasteiger charge is 2.07. The fourth-order valence-corrected chi connectivity index (χ4v) is 1.10. The Kier molecular flexibility index (Phi) is 4.58. The molecule has 86 valence electrons. The molecule has 1 aromatic carbocycles. The number of esters is 1. The topological polar surface area (TPSA) is 35.5 Å². The van der Waals surface area contributed by atoms with Crippen LogP contribution in [0, 0.1) is 6.92 Å². The van der Waals surface area contributed by atoms with Gasteiger partial charge in [-0.25, -0.2) is 4.79 Å². The van der Waals surface area contributed by atoms with Crippen molar-refractivity contribution in [3.8, 4) is 5.75 Å². The predicted octanol–water partition coefficient (Wildman–Crippen LogP) is 2.49. The average Bonchev–Trinajstić information content (AvgIpc) is 2.28. The van der Waals surface area contributed by atoms with E-state index in [4.69, 9.17) is 9.47 Å². The van der Waals surface area contributed by atoms with Crippen LogP contribution in [0.1, 0.15) is 12.5 Å². The van der Waals surface area contributed by atoms with Crippen molar-refractivity contribution in [2.75, 3.05) is 13.2 Å². The van der Waals surface area contributed by atoms with Crippen molar-refractivity contribution < 1.29 is 14.3 Å². The zero-order chi connectivity index (χ0) is 12.0. The van der Waals surface area contributed by atoms with Crippen molar-refractivity contribution in [3.05, 3.63) is 42.0 Å². The molecule has 0 bridgehead atoms. The molecule has 0 aliphatic heterocycles. The van der Waals surface area contributed by atoms with E-state index in [1.54, 1.807) is 6.92 Å². The average molecular weight is 220 g/mol. The van der Waals surface area contributed by atoms with E-state index in [-0.39, 0.29) is 6.61 Å². The summed E-state index contributed by atoms with van der Waals surface area (Å²) in [6, 6.07) is 7.60. The van der Waals surface area contributed by atoms with Crippen LogP contribution in [0.3, 0.4) is 0 Å². The number of benzene rings is 1. The maximum absolute atomic E-state index is 11.2. The van der Waals surface area contributed by atoms with E-state index in [9.17, 15) is 4.79 Å². The normalized spacial score (nSPS) is 9.62. The highest BCUT2D eigenvalue weighted by atomic mass is 16.5. The maximum Gasteiger partial charge on any atom is 0.336 e. The number of rotatable bonds is 5. The van der Waals surface area contributed by atoms with E-state index in [2.05, 4.69) is 6.58 Å². The lowest BCUT2D eigenvalue weighted by atomic mass is 10.2. The molecule has 0 N–H and O–H groups in total. The van der Waals surface area contributed by atoms with E-state index in [1.165, 1.54) is 0 Å². The summed E-state index contributed by atoms with van der Waals surface area (Å²) in [5.74, 6) is 0.311. The van der Waals surface area contributed by atoms with Gasteiger partial charge in [-0.1, -0.05) is 24.3 Å². The Balaban J connectivity index is 2.42. The molecule has 1 rings (SSSR count). The minimum Gasteiger partial charge on any atom is -0.489 e. The lowest BCUT2D eigenvalue weighted by Crippen LogP contribution is -2.13. The summed E-state index contributed by atoms with van der Waals surface area (Å²) < 4.78 is 10.2. The number of carbonyl (C=O) groups excluding carboxylic acids is 1. The lowest BCUT2D eigenvalue weighted by Gasteiger charge is -2.08. The maximum atomic E-state index is 11.2. The molecular weight excluding hydrogens is 204 g/mol. The molecule has 0 aliphatic rings. The molecule has 0 aromatic heterocycles. The van der Waals surface area contributed by atoms with E-state index in [0.717, 1.165) is 11.3 Å². The van der Waals surface area contributed by atoms with E-state index >= 15 is 0 Å². The second kappa shape index (κ2) is 5.95. The molecule has 3 nitrogen and oxygen atoms in total. The predicted molar refractivity (Wildman–Crippen MR) is 62.4 cm³/mol. The monoisotopic (exact) mass is 220 g/mol. The molecule has 3 heteroatoms. The van der Waals surface area contributed by atoms with Crippen molar-refractivity contribution >= 4 is 5.97 Å². The van der Waals surface area contributed by atoms with Crippen LogP contribution in [-0.4, -0.2) is 19.2 Å². The largest absolute Gasteiger partial charge is 0.489 e. The van der Waals surface area contributed by atoms with Crippen LogP contribution in [0.5, 0.6) is 5.75 Å². The first-order valence-electron chi connectivity index (χ1n) is 5.18. The Bertz CT molecular complexity index is 365. The van der Waals surface area contributed by atoms with Gasteiger partial charge in [0.25, 0.3) is 0 Å². The third-order valence-electron chi connectivity index (χ3n) is 2.00. The van der Waals surface area contributed by atoms with Crippen LogP contribution >= 0.6 is 0 Å². The van der Waals surface area contributed by atoms with Gasteiger partial charge in [0.1, 0.15) is 12.4 Å². The summed E-state index contributed by atoms with van der Waals surface area (Å²) in [5, 5.41) is 0. The van der Waals surface area contributed by atoms with Crippen molar-refractivity contribution in [2.45, 2.75) is 13.8 Å². The van der Waals surface area contributed by atoms with E-state index in [1.807, 2.05) is 31.2 Å². The molecule has 0 saturated carbocycles. The minimum absolute atomic E-state index is 0.155. The molecule has 0 unspecified atom stereocenters. The molecule has 0 atom stereocenters. The molecule has 0 heterocycles. The highest BCUT2D eigenvalue weighted by Crippen LogP contribution is 2.12. The summed E-state index contributed by atoms with van der Waals surface area (Å²) in [6.45, 7) is 7.87. The first-order valence-corrected chi connectivity index (χ1v) is 5.18. The Labute approximate surface area is 95.7 Å². The zero-order valence-electron chi connectivity index (χ0n) is 9.66. The van der Waals surface area contributed by atoms with Crippen LogP contribution in [0.4, 0.5) is 0 Å². The van der Waals surface area contributed by atoms with Crippen molar-refractivity contribution in [2.24, 2.45) is 0 Å².